The lowest BCUT2D eigenvalue weighted by Gasteiger charge is -2.09. The maximum Gasteiger partial charge on any atom is 0.332 e. The van der Waals surface area contributed by atoms with E-state index in [1.54, 1.807) is 11.6 Å². The quantitative estimate of drug-likeness (QED) is 0.353. The van der Waals surface area contributed by atoms with Crippen LogP contribution in [0.5, 0.6) is 0 Å². The molecule has 3 aromatic rings. The summed E-state index contributed by atoms with van der Waals surface area (Å²) >= 11 is 0. The Kier molecular flexibility index (Phi) is 6.26. The number of fused-ring (bicyclic) bond motifs is 1. The maximum absolute atomic E-state index is 12.4. The fourth-order valence-electron chi connectivity index (χ4n) is 3.01. The number of rotatable bonds is 8. The van der Waals surface area contributed by atoms with E-state index in [1.165, 1.54) is 24.1 Å². The fourth-order valence-corrected chi connectivity index (χ4v) is 3.01. The molecule has 10 heteroatoms. The second-order valence-electron chi connectivity index (χ2n) is 6.68. The van der Waals surface area contributed by atoms with Crippen molar-refractivity contribution < 1.29 is 4.79 Å². The van der Waals surface area contributed by atoms with Crippen LogP contribution in [0.2, 0.25) is 0 Å². The van der Waals surface area contributed by atoms with Crippen molar-refractivity contribution in [2.45, 2.75) is 13.1 Å². The van der Waals surface area contributed by atoms with Gasteiger partial charge >= 0.3 is 5.69 Å². The van der Waals surface area contributed by atoms with E-state index in [4.69, 9.17) is 5.41 Å². The highest BCUT2D eigenvalue weighted by molar-refractivity contribution is 6.11. The monoisotopic (exact) mass is 409 g/mol. The van der Waals surface area contributed by atoms with Gasteiger partial charge in [0.05, 0.1) is 11.9 Å². The molecule has 0 fully saturated rings. The second-order valence-corrected chi connectivity index (χ2v) is 6.68. The highest BCUT2D eigenvalue weighted by atomic mass is 16.2. The number of benzene rings is 1. The number of hydrogen-bond acceptors (Lipinski definition) is 6. The van der Waals surface area contributed by atoms with Gasteiger partial charge in [0.1, 0.15) is 0 Å². The average molecular weight is 409 g/mol. The lowest BCUT2D eigenvalue weighted by molar-refractivity contribution is -0.117. The molecule has 2 aromatic heterocycles. The van der Waals surface area contributed by atoms with E-state index in [-0.39, 0.29) is 12.1 Å². The van der Waals surface area contributed by atoms with Gasteiger partial charge in [-0.15, -0.1) is 0 Å². The first-order valence-corrected chi connectivity index (χ1v) is 9.31. The summed E-state index contributed by atoms with van der Waals surface area (Å²) in [4.78, 5) is 40.9. The summed E-state index contributed by atoms with van der Waals surface area (Å²) in [5.74, 6) is -0.407. The number of aromatic nitrogens is 4. The van der Waals surface area contributed by atoms with E-state index in [0.717, 1.165) is 16.3 Å². The number of carbonyl (C=O) groups excluding carboxylic acids is 1. The highest BCUT2D eigenvalue weighted by Gasteiger charge is 2.14. The molecule has 0 aliphatic heterocycles. The molecule has 30 heavy (non-hydrogen) atoms. The van der Waals surface area contributed by atoms with Crippen LogP contribution in [-0.2, 0) is 32.0 Å². The SMILES string of the molecule is Cn1c(=O)c2c(ncn2CCNC(=O)/C(C=N)=C/NCc2ccccc2)n(C)c1=O. The fraction of sp³-hybridized carbons (Fsp3) is 0.250. The minimum absolute atomic E-state index is 0.180. The van der Waals surface area contributed by atoms with E-state index >= 15 is 0 Å². The van der Waals surface area contributed by atoms with Crippen molar-refractivity contribution in [2.75, 3.05) is 6.54 Å². The van der Waals surface area contributed by atoms with Crippen LogP contribution in [0, 0.1) is 5.41 Å². The van der Waals surface area contributed by atoms with E-state index in [0.29, 0.717) is 24.3 Å². The molecule has 3 N–H and O–H groups in total. The Balaban J connectivity index is 1.63. The molecule has 156 valence electrons. The molecule has 0 spiro atoms. The second kappa shape index (κ2) is 9.03. The third-order valence-electron chi connectivity index (χ3n) is 4.68. The zero-order valence-electron chi connectivity index (χ0n) is 16.8. The number of nitrogens with one attached hydrogen (secondary N) is 3. The van der Waals surface area contributed by atoms with Crippen LogP contribution < -0.4 is 21.9 Å². The summed E-state index contributed by atoms with van der Waals surface area (Å²) in [6.07, 6.45) is 3.94. The topological polar surface area (TPSA) is 127 Å². The summed E-state index contributed by atoms with van der Waals surface area (Å²) in [7, 11) is 2.96. The van der Waals surface area contributed by atoms with Gasteiger partial charge in [-0.3, -0.25) is 18.7 Å². The van der Waals surface area contributed by atoms with E-state index in [1.807, 2.05) is 30.3 Å². The largest absolute Gasteiger partial charge is 0.386 e. The molecule has 0 radical (unpaired) electrons. The summed E-state index contributed by atoms with van der Waals surface area (Å²) in [6.45, 7) is 1.05. The first kappa shape index (κ1) is 20.8. The van der Waals surface area contributed by atoms with Gasteiger partial charge in [0.15, 0.2) is 11.2 Å². The number of carbonyl (C=O) groups is 1. The first-order valence-electron chi connectivity index (χ1n) is 9.31. The third kappa shape index (κ3) is 4.22. The predicted molar refractivity (Wildman–Crippen MR) is 113 cm³/mol. The summed E-state index contributed by atoms with van der Waals surface area (Å²) in [6, 6.07) is 9.70. The molecule has 3 rings (SSSR count). The van der Waals surface area contributed by atoms with Gasteiger partial charge in [-0.05, 0) is 5.56 Å². The van der Waals surface area contributed by atoms with Gasteiger partial charge in [-0.25, -0.2) is 9.78 Å². The summed E-state index contributed by atoms with van der Waals surface area (Å²) in [5.41, 5.74) is 0.930. The van der Waals surface area contributed by atoms with Gasteiger partial charge < -0.3 is 20.6 Å². The van der Waals surface area contributed by atoms with Gasteiger partial charge in [0, 0.05) is 46.1 Å². The van der Waals surface area contributed by atoms with Crippen molar-refractivity contribution in [2.24, 2.45) is 14.1 Å². The summed E-state index contributed by atoms with van der Waals surface area (Å²) < 4.78 is 3.92. The van der Waals surface area contributed by atoms with Crippen LogP contribution in [0.25, 0.3) is 11.2 Å². The smallest absolute Gasteiger partial charge is 0.332 e. The number of hydrogen-bond donors (Lipinski definition) is 3. The molecule has 1 amide bonds. The van der Waals surface area contributed by atoms with Gasteiger partial charge in [0.2, 0.25) is 0 Å². The zero-order valence-corrected chi connectivity index (χ0v) is 16.8. The molecular weight excluding hydrogens is 386 g/mol. The molecule has 0 aliphatic rings. The normalized spacial score (nSPS) is 11.5. The van der Waals surface area contributed by atoms with Crippen molar-refractivity contribution in [1.29, 1.82) is 5.41 Å². The maximum atomic E-state index is 12.4. The predicted octanol–water partition coefficient (Wildman–Crippen LogP) is -0.127. The molecule has 1 aromatic carbocycles. The van der Waals surface area contributed by atoms with Crippen LogP contribution in [0.4, 0.5) is 0 Å². The van der Waals surface area contributed by atoms with Gasteiger partial charge in [0.25, 0.3) is 11.5 Å². The number of imidazole rings is 1. The number of aryl methyl sites for hydroxylation is 1. The van der Waals surface area contributed by atoms with Crippen LogP contribution >= 0.6 is 0 Å². The molecule has 0 saturated carbocycles. The molecule has 0 saturated heterocycles. The van der Waals surface area contributed by atoms with Gasteiger partial charge in [-0.2, -0.15) is 0 Å². The molecular formula is C20H23N7O3. The van der Waals surface area contributed by atoms with Crippen LogP contribution in [0.3, 0.4) is 0 Å². The lowest BCUT2D eigenvalue weighted by Crippen LogP contribution is -2.38. The van der Waals surface area contributed by atoms with E-state index < -0.39 is 17.2 Å². The molecule has 0 atom stereocenters. The average Bonchev–Trinajstić information content (AvgIpc) is 3.18. The Morgan fingerprint density at radius 2 is 1.90 bits per heavy atom. The first-order chi connectivity index (χ1) is 14.4. The standard InChI is InChI=1S/C20H23N7O3/c1-25-17-16(19(29)26(2)20(25)30)27(13-24-17)9-8-23-18(28)15(10-21)12-22-11-14-6-4-3-5-7-14/h3-7,10,12-13,21-22H,8-9,11H2,1-2H3,(H,23,28)/b15-12+,21-10?. The van der Waals surface area contributed by atoms with Crippen molar-refractivity contribution in [1.82, 2.24) is 29.3 Å². The molecule has 2 heterocycles. The van der Waals surface area contributed by atoms with Crippen molar-refractivity contribution in [3.05, 3.63) is 74.8 Å². The molecule has 0 bridgehead atoms. The Labute approximate surface area is 172 Å². The van der Waals surface area contributed by atoms with Crippen LogP contribution in [0.15, 0.2) is 58.0 Å². The molecule has 10 nitrogen and oxygen atoms in total. The van der Waals surface area contributed by atoms with Crippen molar-refractivity contribution in [3.63, 3.8) is 0 Å². The Morgan fingerprint density at radius 3 is 2.60 bits per heavy atom. The van der Waals surface area contributed by atoms with Crippen LogP contribution in [0.1, 0.15) is 5.56 Å². The summed E-state index contributed by atoms with van der Waals surface area (Å²) in [5, 5.41) is 13.2. The Morgan fingerprint density at radius 1 is 1.17 bits per heavy atom. The Hall–Kier alpha value is -3.95. The number of amides is 1. The molecule has 0 unspecified atom stereocenters. The van der Waals surface area contributed by atoms with Crippen LogP contribution in [-0.4, -0.2) is 37.4 Å². The highest BCUT2D eigenvalue weighted by Crippen LogP contribution is 2.05. The minimum Gasteiger partial charge on any atom is -0.386 e. The minimum atomic E-state index is -0.449. The van der Waals surface area contributed by atoms with Gasteiger partial charge in [-0.1, -0.05) is 30.3 Å². The van der Waals surface area contributed by atoms with Crippen molar-refractivity contribution in [3.8, 4) is 0 Å². The molecule has 0 aliphatic carbocycles. The Bertz CT molecular complexity index is 1220. The van der Waals surface area contributed by atoms with E-state index in [2.05, 4.69) is 15.6 Å². The number of nitrogens with zero attached hydrogens (tertiary/aromatic N) is 4. The van der Waals surface area contributed by atoms with E-state index in [9.17, 15) is 14.4 Å². The lowest BCUT2D eigenvalue weighted by atomic mass is 10.2. The third-order valence-corrected chi connectivity index (χ3v) is 4.68. The van der Waals surface area contributed by atoms with Crippen molar-refractivity contribution >= 4 is 23.3 Å². The zero-order chi connectivity index (χ0) is 21.7.